The Labute approximate surface area is 123 Å². The first kappa shape index (κ1) is 14.2. The van der Waals surface area contributed by atoms with Crippen LogP contribution in [0.15, 0.2) is 36.4 Å². The second-order valence-electron chi connectivity index (χ2n) is 4.91. The molecule has 7 heteroatoms. The molecule has 3 rings (SSSR count). The highest BCUT2D eigenvalue weighted by Crippen LogP contribution is 2.36. The van der Waals surface area contributed by atoms with Crippen LogP contribution in [0.5, 0.6) is 11.5 Å². The number of rotatable bonds is 1. The molecule has 0 aliphatic carbocycles. The Morgan fingerprint density at radius 2 is 1.73 bits per heavy atom. The molecule has 0 atom stereocenters. The number of aryl methyl sites for hydroxylation is 1. The van der Waals surface area contributed by atoms with Gasteiger partial charge in [0.1, 0.15) is 5.69 Å². The number of halogens is 3. The molecule has 2 aromatic carbocycles. The Bertz CT molecular complexity index is 869. The van der Waals surface area contributed by atoms with Crippen LogP contribution < -0.4 is 0 Å². The van der Waals surface area contributed by atoms with Gasteiger partial charge in [-0.2, -0.15) is 18.3 Å². The van der Waals surface area contributed by atoms with Gasteiger partial charge in [-0.1, -0.05) is 0 Å². The van der Waals surface area contributed by atoms with Crippen LogP contribution in [0.4, 0.5) is 13.2 Å². The zero-order valence-corrected chi connectivity index (χ0v) is 11.4. The van der Waals surface area contributed by atoms with E-state index in [0.29, 0.717) is 22.2 Å². The van der Waals surface area contributed by atoms with Crippen molar-refractivity contribution in [1.82, 2.24) is 9.78 Å². The summed E-state index contributed by atoms with van der Waals surface area (Å²) in [5.74, 6) is -0.591. The predicted molar refractivity (Wildman–Crippen MR) is 74.5 cm³/mol. The maximum absolute atomic E-state index is 12.8. The molecule has 4 nitrogen and oxygen atoms in total. The molecule has 0 spiro atoms. The molecule has 0 radical (unpaired) electrons. The van der Waals surface area contributed by atoms with E-state index in [9.17, 15) is 23.4 Å². The summed E-state index contributed by atoms with van der Waals surface area (Å²) in [5.41, 5.74) is 0.516. The zero-order chi connectivity index (χ0) is 16.1. The summed E-state index contributed by atoms with van der Waals surface area (Å²) < 4.78 is 39.7. The number of nitrogens with zero attached hydrogens (tertiary/aromatic N) is 2. The minimum atomic E-state index is -4.42. The monoisotopic (exact) mass is 308 g/mol. The van der Waals surface area contributed by atoms with Gasteiger partial charge in [-0.25, -0.2) is 0 Å². The van der Waals surface area contributed by atoms with Gasteiger partial charge in [0.05, 0.1) is 11.1 Å². The van der Waals surface area contributed by atoms with Gasteiger partial charge in [0, 0.05) is 18.0 Å². The second-order valence-corrected chi connectivity index (χ2v) is 4.91. The van der Waals surface area contributed by atoms with Crippen molar-refractivity contribution >= 4 is 10.9 Å². The van der Waals surface area contributed by atoms with E-state index in [-0.39, 0.29) is 11.5 Å². The summed E-state index contributed by atoms with van der Waals surface area (Å²) in [6.07, 6.45) is -4.42. The molecule has 3 aromatic rings. The number of phenolic OH excluding ortho intramolecular Hbond substituents is 2. The number of hydrogen-bond donors (Lipinski definition) is 2. The Hall–Kier alpha value is -2.70. The predicted octanol–water partition coefficient (Wildman–Crippen LogP) is 3.67. The van der Waals surface area contributed by atoms with E-state index >= 15 is 0 Å². The lowest BCUT2D eigenvalue weighted by atomic mass is 10.1. The third kappa shape index (κ3) is 2.24. The number of alkyl halides is 3. The van der Waals surface area contributed by atoms with Crippen molar-refractivity contribution in [3.63, 3.8) is 0 Å². The largest absolute Gasteiger partial charge is 0.504 e. The van der Waals surface area contributed by atoms with Crippen molar-refractivity contribution in [2.75, 3.05) is 0 Å². The zero-order valence-electron chi connectivity index (χ0n) is 11.4. The fourth-order valence-electron chi connectivity index (χ4n) is 2.32. The molecule has 2 N–H and O–H groups in total. The molecule has 22 heavy (non-hydrogen) atoms. The molecular formula is C15H11F3N2O2. The minimum absolute atomic E-state index is 0.275. The van der Waals surface area contributed by atoms with Gasteiger partial charge in [-0.3, -0.25) is 4.68 Å². The molecule has 0 aliphatic rings. The number of hydrogen-bond acceptors (Lipinski definition) is 3. The summed E-state index contributed by atoms with van der Waals surface area (Å²) in [6, 6.07) is 7.53. The van der Waals surface area contributed by atoms with Gasteiger partial charge < -0.3 is 10.2 Å². The smallest absolute Gasteiger partial charge is 0.416 e. The number of benzene rings is 2. The first-order valence-electron chi connectivity index (χ1n) is 6.33. The quantitative estimate of drug-likeness (QED) is 0.674. The standard InChI is InChI=1S/C15H11F3N2O2/c1-20-11-7-9(15(16,17)18)3-4-10(11)14(19-20)8-2-5-12(21)13(22)6-8/h2-7,21-22H,1H3. The fourth-order valence-corrected chi connectivity index (χ4v) is 2.32. The van der Waals surface area contributed by atoms with Crippen molar-refractivity contribution in [3.05, 3.63) is 42.0 Å². The molecule has 0 bridgehead atoms. The molecule has 1 aromatic heterocycles. The van der Waals surface area contributed by atoms with Crippen molar-refractivity contribution < 1.29 is 23.4 Å². The van der Waals surface area contributed by atoms with Gasteiger partial charge in [-0.05, 0) is 36.4 Å². The average molecular weight is 308 g/mol. The number of fused-ring (bicyclic) bond motifs is 1. The van der Waals surface area contributed by atoms with E-state index in [1.165, 1.54) is 28.9 Å². The van der Waals surface area contributed by atoms with Gasteiger partial charge in [-0.15, -0.1) is 0 Å². The van der Waals surface area contributed by atoms with E-state index in [0.717, 1.165) is 12.1 Å². The molecule has 0 unspecified atom stereocenters. The summed E-state index contributed by atoms with van der Waals surface area (Å²) in [6.45, 7) is 0. The first-order valence-corrected chi connectivity index (χ1v) is 6.33. The van der Waals surface area contributed by atoms with E-state index in [4.69, 9.17) is 0 Å². The molecule has 0 saturated heterocycles. The van der Waals surface area contributed by atoms with Gasteiger partial charge >= 0.3 is 6.18 Å². The molecule has 0 aliphatic heterocycles. The van der Waals surface area contributed by atoms with Crippen LogP contribution in [-0.2, 0) is 13.2 Å². The van der Waals surface area contributed by atoms with E-state index in [2.05, 4.69) is 5.10 Å². The van der Waals surface area contributed by atoms with Crippen molar-refractivity contribution in [2.45, 2.75) is 6.18 Å². The highest BCUT2D eigenvalue weighted by Gasteiger charge is 2.31. The van der Waals surface area contributed by atoms with Crippen LogP contribution in [0.2, 0.25) is 0 Å². The van der Waals surface area contributed by atoms with Crippen LogP contribution in [0, 0.1) is 0 Å². The summed E-state index contributed by atoms with van der Waals surface area (Å²) in [7, 11) is 1.55. The Morgan fingerprint density at radius 3 is 2.36 bits per heavy atom. The van der Waals surface area contributed by atoms with Crippen molar-refractivity contribution in [3.8, 4) is 22.8 Å². The Morgan fingerprint density at radius 1 is 1.00 bits per heavy atom. The minimum Gasteiger partial charge on any atom is -0.504 e. The highest BCUT2D eigenvalue weighted by molar-refractivity contribution is 5.94. The van der Waals surface area contributed by atoms with Gasteiger partial charge in [0.15, 0.2) is 11.5 Å². The van der Waals surface area contributed by atoms with Crippen LogP contribution >= 0.6 is 0 Å². The number of phenols is 2. The maximum atomic E-state index is 12.8. The molecule has 114 valence electrons. The molecule has 0 fully saturated rings. The summed E-state index contributed by atoms with van der Waals surface area (Å²) in [4.78, 5) is 0. The third-order valence-electron chi connectivity index (χ3n) is 3.43. The fraction of sp³-hybridized carbons (Fsp3) is 0.133. The van der Waals surface area contributed by atoms with Crippen molar-refractivity contribution in [1.29, 1.82) is 0 Å². The van der Waals surface area contributed by atoms with Crippen LogP contribution in [-0.4, -0.2) is 20.0 Å². The molecule has 0 saturated carbocycles. The topological polar surface area (TPSA) is 58.3 Å². The van der Waals surface area contributed by atoms with Crippen molar-refractivity contribution in [2.24, 2.45) is 7.05 Å². The highest BCUT2D eigenvalue weighted by atomic mass is 19.4. The van der Waals surface area contributed by atoms with Gasteiger partial charge in [0.2, 0.25) is 0 Å². The summed E-state index contributed by atoms with van der Waals surface area (Å²) in [5, 5.41) is 23.6. The lowest BCUT2D eigenvalue weighted by Crippen LogP contribution is -2.04. The Kier molecular flexibility index (Phi) is 3.01. The van der Waals surface area contributed by atoms with E-state index in [1.54, 1.807) is 7.05 Å². The van der Waals surface area contributed by atoms with Gasteiger partial charge in [0.25, 0.3) is 0 Å². The van der Waals surface area contributed by atoms with E-state index in [1.807, 2.05) is 0 Å². The lowest BCUT2D eigenvalue weighted by molar-refractivity contribution is -0.137. The lowest BCUT2D eigenvalue weighted by Gasteiger charge is -2.06. The SMILES string of the molecule is Cn1nc(-c2ccc(O)c(O)c2)c2ccc(C(F)(F)F)cc21. The number of aromatic nitrogens is 2. The summed E-state index contributed by atoms with van der Waals surface area (Å²) >= 11 is 0. The molecule has 0 amide bonds. The van der Waals surface area contributed by atoms with Crippen LogP contribution in [0.1, 0.15) is 5.56 Å². The molecule has 1 heterocycles. The second kappa shape index (κ2) is 4.66. The normalized spacial score (nSPS) is 12.0. The maximum Gasteiger partial charge on any atom is 0.416 e. The Balaban J connectivity index is 2.22. The van der Waals surface area contributed by atoms with E-state index < -0.39 is 11.7 Å². The number of aromatic hydroxyl groups is 2. The van der Waals surface area contributed by atoms with Crippen LogP contribution in [0.3, 0.4) is 0 Å². The molecular weight excluding hydrogens is 297 g/mol. The van der Waals surface area contributed by atoms with Crippen LogP contribution in [0.25, 0.3) is 22.2 Å². The average Bonchev–Trinajstić information content (AvgIpc) is 2.78. The first-order chi connectivity index (χ1) is 10.3. The third-order valence-corrected chi connectivity index (χ3v) is 3.43.